The van der Waals surface area contributed by atoms with Crippen LogP contribution < -0.4 is 10.2 Å². The summed E-state index contributed by atoms with van der Waals surface area (Å²) in [6.45, 7) is 8.17. The van der Waals surface area contributed by atoms with E-state index in [0.717, 1.165) is 34.9 Å². The van der Waals surface area contributed by atoms with Crippen molar-refractivity contribution in [3.8, 4) is 0 Å². The van der Waals surface area contributed by atoms with Gasteiger partial charge in [0.2, 0.25) is 5.91 Å². The number of halogens is 1. The molecular formula is C22H30BrN5O4. The van der Waals surface area contributed by atoms with Crippen LogP contribution in [0.1, 0.15) is 40.0 Å². The average molecular weight is 508 g/mol. The van der Waals surface area contributed by atoms with E-state index in [4.69, 9.17) is 4.74 Å². The molecule has 4 heterocycles. The molecule has 32 heavy (non-hydrogen) atoms. The fourth-order valence-corrected chi connectivity index (χ4v) is 5.35. The number of carboxylic acid groups (broad SMARTS) is 1. The van der Waals surface area contributed by atoms with Crippen LogP contribution in [0.3, 0.4) is 0 Å². The Labute approximate surface area is 195 Å². The van der Waals surface area contributed by atoms with Gasteiger partial charge < -0.3 is 25.0 Å². The molecule has 2 atom stereocenters. The molecule has 0 saturated carbocycles. The number of rotatable bonds is 4. The lowest BCUT2D eigenvalue weighted by Crippen LogP contribution is -2.56. The van der Waals surface area contributed by atoms with Gasteiger partial charge in [-0.2, -0.15) is 0 Å². The molecule has 2 aliphatic heterocycles. The van der Waals surface area contributed by atoms with Crippen molar-refractivity contribution < 1.29 is 19.4 Å². The van der Waals surface area contributed by atoms with Gasteiger partial charge in [-0.25, -0.2) is 9.78 Å². The monoisotopic (exact) mass is 507 g/mol. The quantitative estimate of drug-likeness (QED) is 0.575. The number of H-pyrrole nitrogens is 1. The number of nitrogens with one attached hydrogen (secondary N) is 2. The molecule has 0 spiro atoms. The van der Waals surface area contributed by atoms with E-state index in [0.29, 0.717) is 37.5 Å². The highest BCUT2D eigenvalue weighted by Gasteiger charge is 2.37. The van der Waals surface area contributed by atoms with Gasteiger partial charge in [-0.05, 0) is 56.0 Å². The number of aromatic nitrogens is 2. The van der Waals surface area contributed by atoms with Crippen molar-refractivity contribution >= 4 is 50.3 Å². The summed E-state index contributed by atoms with van der Waals surface area (Å²) in [5, 5.41) is 13.8. The minimum absolute atomic E-state index is 0.0596. The number of hydrogen-bond donors (Lipinski definition) is 3. The van der Waals surface area contributed by atoms with E-state index in [2.05, 4.69) is 36.1 Å². The summed E-state index contributed by atoms with van der Waals surface area (Å²) < 4.78 is 6.16. The molecule has 0 bridgehead atoms. The first kappa shape index (κ1) is 22.8. The van der Waals surface area contributed by atoms with Crippen molar-refractivity contribution in [1.29, 1.82) is 0 Å². The molecular weight excluding hydrogens is 478 g/mol. The highest BCUT2D eigenvalue weighted by Crippen LogP contribution is 2.40. The van der Waals surface area contributed by atoms with E-state index in [1.54, 1.807) is 17.3 Å². The van der Waals surface area contributed by atoms with Crippen LogP contribution >= 0.6 is 15.9 Å². The first-order chi connectivity index (χ1) is 15.2. The second-order valence-electron chi connectivity index (χ2n) is 9.50. The number of anilines is 2. The Morgan fingerprint density at radius 2 is 2.16 bits per heavy atom. The van der Waals surface area contributed by atoms with Crippen molar-refractivity contribution in [1.82, 2.24) is 14.9 Å². The van der Waals surface area contributed by atoms with E-state index in [1.807, 2.05) is 20.8 Å². The number of piperidine rings is 1. The van der Waals surface area contributed by atoms with Crippen LogP contribution in [0.5, 0.6) is 0 Å². The largest absolute Gasteiger partial charge is 0.465 e. The second kappa shape index (κ2) is 8.90. The summed E-state index contributed by atoms with van der Waals surface area (Å²) in [6.07, 6.45) is 5.00. The molecule has 1 unspecified atom stereocenters. The number of carbonyl (C=O) groups is 2. The maximum atomic E-state index is 12.7. The van der Waals surface area contributed by atoms with Crippen LogP contribution in [-0.2, 0) is 9.53 Å². The summed E-state index contributed by atoms with van der Waals surface area (Å²) in [5.41, 5.74) is 1.77. The molecule has 2 aromatic heterocycles. The number of ether oxygens (including phenoxy) is 1. The minimum Gasteiger partial charge on any atom is -0.465 e. The first-order valence-electron chi connectivity index (χ1n) is 11.0. The van der Waals surface area contributed by atoms with Crippen LogP contribution in [0.2, 0.25) is 0 Å². The summed E-state index contributed by atoms with van der Waals surface area (Å²) in [7, 11) is 0. The van der Waals surface area contributed by atoms with Crippen LogP contribution in [0.25, 0.3) is 11.0 Å². The predicted octanol–water partition coefficient (Wildman–Crippen LogP) is 4.05. The summed E-state index contributed by atoms with van der Waals surface area (Å²) in [6, 6.07) is -0.135. The van der Waals surface area contributed by atoms with Gasteiger partial charge in [0.05, 0.1) is 39.8 Å². The van der Waals surface area contributed by atoms with Crippen molar-refractivity contribution in [3.05, 3.63) is 16.9 Å². The summed E-state index contributed by atoms with van der Waals surface area (Å²) in [5.74, 6) is -0.213. The standard InChI is InChI=1S/C22H30BrN5O4/c1-22(2,3)28(21(30)31)14-5-4-7-27(11-14)18-15(23)9-24-19-17(18)16(10-25-19)26-20(29)13-6-8-32-12-13/h9-10,13-14H,4-8,11-12H2,1-3H3,(H,24,25)(H,26,29)(H,30,31)/t13?,14-/m1/s1. The van der Waals surface area contributed by atoms with Gasteiger partial charge in [-0.15, -0.1) is 0 Å². The lowest BCUT2D eigenvalue weighted by molar-refractivity contribution is -0.119. The van der Waals surface area contributed by atoms with Crippen LogP contribution in [0, 0.1) is 5.92 Å². The van der Waals surface area contributed by atoms with Crippen LogP contribution in [0.15, 0.2) is 16.9 Å². The number of pyridine rings is 1. The zero-order valence-corrected chi connectivity index (χ0v) is 20.2. The fraction of sp³-hybridized carbons (Fsp3) is 0.591. The van der Waals surface area contributed by atoms with Gasteiger partial charge in [0.25, 0.3) is 0 Å². The minimum atomic E-state index is -0.906. The van der Waals surface area contributed by atoms with Gasteiger partial charge in [-0.1, -0.05) is 0 Å². The molecule has 3 N–H and O–H groups in total. The number of carbonyl (C=O) groups excluding carboxylic acids is 1. The number of aromatic amines is 1. The number of hydrogen-bond acceptors (Lipinski definition) is 5. The van der Waals surface area contributed by atoms with Crippen molar-refractivity contribution in [2.75, 3.05) is 36.5 Å². The van der Waals surface area contributed by atoms with Gasteiger partial charge in [0.1, 0.15) is 5.65 Å². The van der Waals surface area contributed by atoms with Gasteiger partial charge in [0, 0.05) is 37.6 Å². The highest BCUT2D eigenvalue weighted by atomic mass is 79.9. The Morgan fingerprint density at radius 3 is 2.81 bits per heavy atom. The molecule has 10 heteroatoms. The third-order valence-corrected chi connectivity index (χ3v) is 6.77. The van der Waals surface area contributed by atoms with E-state index < -0.39 is 11.6 Å². The van der Waals surface area contributed by atoms with Gasteiger partial charge in [-0.3, -0.25) is 9.69 Å². The van der Waals surface area contributed by atoms with Crippen molar-refractivity contribution in [2.45, 2.75) is 51.6 Å². The SMILES string of the molecule is CC(C)(C)N(C(=O)O)[C@@H]1CCCN(c2c(Br)cnc3[nH]cc(NC(=O)C4CCOC4)c23)C1. The van der Waals surface area contributed by atoms with E-state index in [-0.39, 0.29) is 17.9 Å². The third-order valence-electron chi connectivity index (χ3n) is 6.19. The molecule has 0 aromatic carbocycles. The normalized spacial score (nSPS) is 21.7. The molecule has 2 saturated heterocycles. The summed E-state index contributed by atoms with van der Waals surface area (Å²) >= 11 is 3.65. The summed E-state index contributed by atoms with van der Waals surface area (Å²) in [4.78, 5) is 36.2. The molecule has 2 fully saturated rings. The third kappa shape index (κ3) is 4.43. The molecule has 0 aliphatic carbocycles. The topological polar surface area (TPSA) is 111 Å². The van der Waals surface area contributed by atoms with Crippen molar-refractivity contribution in [2.24, 2.45) is 5.92 Å². The zero-order chi connectivity index (χ0) is 23.0. The lowest BCUT2D eigenvalue weighted by Gasteiger charge is -2.45. The van der Waals surface area contributed by atoms with Gasteiger partial charge >= 0.3 is 6.09 Å². The molecule has 9 nitrogen and oxygen atoms in total. The highest BCUT2D eigenvalue weighted by molar-refractivity contribution is 9.10. The maximum Gasteiger partial charge on any atom is 0.408 e. The maximum absolute atomic E-state index is 12.7. The number of fused-ring (bicyclic) bond motifs is 1. The Bertz CT molecular complexity index is 1010. The van der Waals surface area contributed by atoms with E-state index >= 15 is 0 Å². The second-order valence-corrected chi connectivity index (χ2v) is 10.4. The Morgan fingerprint density at radius 1 is 1.38 bits per heavy atom. The van der Waals surface area contributed by atoms with E-state index in [1.165, 1.54) is 0 Å². The first-order valence-corrected chi connectivity index (χ1v) is 11.8. The molecule has 174 valence electrons. The van der Waals surface area contributed by atoms with Crippen molar-refractivity contribution in [3.63, 3.8) is 0 Å². The lowest BCUT2D eigenvalue weighted by atomic mass is 9.97. The van der Waals surface area contributed by atoms with E-state index in [9.17, 15) is 14.7 Å². The smallest absolute Gasteiger partial charge is 0.408 e. The van der Waals surface area contributed by atoms with Crippen LogP contribution in [-0.4, -0.2) is 69.9 Å². The molecule has 2 amide bonds. The molecule has 2 aromatic rings. The molecule has 4 rings (SSSR count). The molecule has 2 aliphatic rings. The average Bonchev–Trinajstić information content (AvgIpc) is 3.37. The Kier molecular flexibility index (Phi) is 6.35. The van der Waals surface area contributed by atoms with Crippen LogP contribution in [0.4, 0.5) is 16.2 Å². The fourth-order valence-electron chi connectivity index (χ4n) is 4.80. The number of amides is 2. The van der Waals surface area contributed by atoms with Gasteiger partial charge in [0.15, 0.2) is 0 Å². The number of nitrogens with zero attached hydrogens (tertiary/aromatic N) is 3. The zero-order valence-electron chi connectivity index (χ0n) is 18.7. The Balaban J connectivity index is 1.67. The molecule has 0 radical (unpaired) electrons. The Hall–Kier alpha value is -2.33. The predicted molar refractivity (Wildman–Crippen MR) is 126 cm³/mol.